The van der Waals surface area contributed by atoms with Gasteiger partial charge in [0.15, 0.2) is 0 Å². The van der Waals surface area contributed by atoms with Crippen molar-refractivity contribution in [1.82, 2.24) is 15.0 Å². The molecular formula is C14H11N3O. The Hall–Kier alpha value is -2.62. The van der Waals surface area contributed by atoms with E-state index in [2.05, 4.69) is 15.0 Å². The van der Waals surface area contributed by atoms with Crippen molar-refractivity contribution in [2.24, 2.45) is 0 Å². The molecule has 0 fully saturated rings. The van der Waals surface area contributed by atoms with Crippen LogP contribution in [0, 0.1) is 0 Å². The van der Waals surface area contributed by atoms with E-state index < -0.39 is 0 Å². The zero-order chi connectivity index (χ0) is 12.4. The molecule has 0 spiro atoms. The molecule has 0 saturated carbocycles. The summed E-state index contributed by atoms with van der Waals surface area (Å²) in [5.74, 6) is 1.04. The van der Waals surface area contributed by atoms with Crippen LogP contribution in [-0.4, -0.2) is 20.1 Å². The molecule has 4 heteroatoms. The lowest BCUT2D eigenvalue weighted by molar-refractivity contribution is 0.475. The van der Waals surface area contributed by atoms with E-state index in [0.717, 1.165) is 22.6 Å². The summed E-state index contributed by atoms with van der Waals surface area (Å²) in [5, 5.41) is 9.25. The van der Waals surface area contributed by atoms with Crippen LogP contribution in [0.5, 0.6) is 5.75 Å². The fourth-order valence-electron chi connectivity index (χ4n) is 1.76. The van der Waals surface area contributed by atoms with E-state index >= 15 is 0 Å². The van der Waals surface area contributed by atoms with Crippen LogP contribution in [0.25, 0.3) is 22.6 Å². The van der Waals surface area contributed by atoms with E-state index in [-0.39, 0.29) is 5.75 Å². The Balaban J connectivity index is 1.97. The van der Waals surface area contributed by atoms with Crippen LogP contribution >= 0.6 is 0 Å². The van der Waals surface area contributed by atoms with Gasteiger partial charge in [0.1, 0.15) is 11.6 Å². The minimum absolute atomic E-state index is 0.255. The number of imidazole rings is 1. The van der Waals surface area contributed by atoms with Gasteiger partial charge < -0.3 is 10.1 Å². The Morgan fingerprint density at radius 1 is 0.944 bits per heavy atom. The van der Waals surface area contributed by atoms with Gasteiger partial charge in [0, 0.05) is 18.0 Å². The Morgan fingerprint density at radius 2 is 1.78 bits per heavy atom. The molecule has 1 aromatic carbocycles. The fourth-order valence-corrected chi connectivity index (χ4v) is 1.76. The number of hydrogen-bond acceptors (Lipinski definition) is 3. The number of phenolic OH excluding ortho intramolecular Hbond substituents is 1. The van der Waals surface area contributed by atoms with Gasteiger partial charge in [0.05, 0.1) is 11.9 Å². The highest BCUT2D eigenvalue weighted by Gasteiger charge is 2.05. The third-order valence-electron chi connectivity index (χ3n) is 2.69. The summed E-state index contributed by atoms with van der Waals surface area (Å²) in [6.07, 6.45) is 5.27. The van der Waals surface area contributed by atoms with E-state index in [4.69, 9.17) is 0 Å². The molecule has 2 aromatic heterocycles. The molecule has 0 aliphatic rings. The van der Waals surface area contributed by atoms with Gasteiger partial charge in [0.2, 0.25) is 0 Å². The van der Waals surface area contributed by atoms with Crippen molar-refractivity contribution < 1.29 is 5.11 Å². The highest BCUT2D eigenvalue weighted by atomic mass is 16.3. The van der Waals surface area contributed by atoms with E-state index in [1.807, 2.05) is 24.3 Å². The predicted octanol–water partition coefficient (Wildman–Crippen LogP) is 2.84. The lowest BCUT2D eigenvalue weighted by Crippen LogP contribution is -1.81. The highest BCUT2D eigenvalue weighted by Crippen LogP contribution is 2.23. The Bertz CT molecular complexity index is 644. The molecule has 0 aliphatic carbocycles. The summed E-state index contributed by atoms with van der Waals surface area (Å²) >= 11 is 0. The quantitative estimate of drug-likeness (QED) is 0.720. The second-order valence-electron chi connectivity index (χ2n) is 3.93. The van der Waals surface area contributed by atoms with Gasteiger partial charge in [-0.15, -0.1) is 0 Å². The van der Waals surface area contributed by atoms with Crippen LogP contribution in [0.4, 0.5) is 0 Å². The number of aromatic amines is 1. The largest absolute Gasteiger partial charge is 0.508 e. The molecule has 2 heterocycles. The number of benzene rings is 1. The van der Waals surface area contributed by atoms with Gasteiger partial charge in [-0.1, -0.05) is 0 Å². The lowest BCUT2D eigenvalue weighted by Gasteiger charge is -1.98. The van der Waals surface area contributed by atoms with Gasteiger partial charge in [0.25, 0.3) is 0 Å². The maximum atomic E-state index is 9.25. The van der Waals surface area contributed by atoms with E-state index in [0.29, 0.717) is 0 Å². The summed E-state index contributed by atoms with van der Waals surface area (Å²) in [7, 11) is 0. The summed E-state index contributed by atoms with van der Waals surface area (Å²) in [6, 6.07) is 10.8. The maximum absolute atomic E-state index is 9.25. The molecule has 0 aliphatic heterocycles. The van der Waals surface area contributed by atoms with Gasteiger partial charge >= 0.3 is 0 Å². The highest BCUT2D eigenvalue weighted by molar-refractivity contribution is 5.64. The van der Waals surface area contributed by atoms with Crippen molar-refractivity contribution in [2.75, 3.05) is 0 Å². The van der Waals surface area contributed by atoms with Gasteiger partial charge in [-0.2, -0.15) is 0 Å². The Labute approximate surface area is 104 Å². The molecular weight excluding hydrogens is 226 g/mol. The van der Waals surface area contributed by atoms with Crippen LogP contribution in [0.1, 0.15) is 0 Å². The molecule has 0 atom stereocenters. The first kappa shape index (κ1) is 10.5. The third-order valence-corrected chi connectivity index (χ3v) is 2.69. The third kappa shape index (κ3) is 1.96. The summed E-state index contributed by atoms with van der Waals surface area (Å²) < 4.78 is 0. The maximum Gasteiger partial charge on any atom is 0.139 e. The second kappa shape index (κ2) is 4.33. The lowest BCUT2D eigenvalue weighted by atomic mass is 10.2. The number of H-pyrrole nitrogens is 1. The fraction of sp³-hybridized carbons (Fsp3) is 0. The molecule has 3 rings (SSSR count). The van der Waals surface area contributed by atoms with Crippen molar-refractivity contribution >= 4 is 0 Å². The molecule has 2 N–H and O–H groups in total. The first-order chi connectivity index (χ1) is 8.83. The molecule has 0 amide bonds. The molecule has 0 radical (unpaired) electrons. The minimum Gasteiger partial charge on any atom is -0.508 e. The van der Waals surface area contributed by atoms with Crippen molar-refractivity contribution in [1.29, 1.82) is 0 Å². The number of hydrogen-bond donors (Lipinski definition) is 2. The molecule has 3 aromatic rings. The smallest absolute Gasteiger partial charge is 0.139 e. The number of aromatic hydroxyl groups is 1. The topological polar surface area (TPSA) is 61.8 Å². The van der Waals surface area contributed by atoms with Gasteiger partial charge in [-0.05, 0) is 42.0 Å². The summed E-state index contributed by atoms with van der Waals surface area (Å²) in [6.45, 7) is 0. The average molecular weight is 237 g/mol. The van der Waals surface area contributed by atoms with Crippen LogP contribution in [0.2, 0.25) is 0 Å². The molecule has 88 valence electrons. The number of pyridine rings is 1. The normalized spacial score (nSPS) is 10.4. The first-order valence-electron chi connectivity index (χ1n) is 5.58. The summed E-state index contributed by atoms with van der Waals surface area (Å²) in [4.78, 5) is 11.6. The molecule has 0 saturated heterocycles. The standard InChI is InChI=1S/C14H11N3O/c18-12-5-3-10(4-6-12)13-9-16-14(17-13)11-2-1-7-15-8-11/h1-9,18H,(H,16,17). The van der Waals surface area contributed by atoms with Crippen molar-refractivity contribution in [3.8, 4) is 28.4 Å². The Kier molecular flexibility index (Phi) is 2.53. The number of aromatic nitrogens is 3. The van der Waals surface area contributed by atoms with Crippen LogP contribution in [0.15, 0.2) is 55.0 Å². The molecule has 4 nitrogen and oxygen atoms in total. The number of nitrogens with zero attached hydrogens (tertiary/aromatic N) is 2. The molecule has 18 heavy (non-hydrogen) atoms. The van der Waals surface area contributed by atoms with Crippen LogP contribution < -0.4 is 0 Å². The first-order valence-corrected chi connectivity index (χ1v) is 5.58. The van der Waals surface area contributed by atoms with Gasteiger partial charge in [-0.25, -0.2) is 4.98 Å². The van der Waals surface area contributed by atoms with Crippen LogP contribution in [0.3, 0.4) is 0 Å². The van der Waals surface area contributed by atoms with E-state index in [9.17, 15) is 5.11 Å². The summed E-state index contributed by atoms with van der Waals surface area (Å²) in [5.41, 5.74) is 2.84. The average Bonchev–Trinajstić information content (AvgIpc) is 2.90. The zero-order valence-corrected chi connectivity index (χ0v) is 9.54. The van der Waals surface area contributed by atoms with Crippen molar-refractivity contribution in [3.63, 3.8) is 0 Å². The van der Waals surface area contributed by atoms with E-state index in [1.54, 1.807) is 30.7 Å². The zero-order valence-electron chi connectivity index (χ0n) is 9.54. The predicted molar refractivity (Wildman–Crippen MR) is 68.9 cm³/mol. The number of nitrogens with one attached hydrogen (secondary N) is 1. The van der Waals surface area contributed by atoms with Crippen LogP contribution in [-0.2, 0) is 0 Å². The second-order valence-corrected chi connectivity index (χ2v) is 3.93. The number of phenols is 1. The molecule has 0 bridgehead atoms. The molecule has 0 unspecified atom stereocenters. The monoisotopic (exact) mass is 237 g/mol. The van der Waals surface area contributed by atoms with Crippen molar-refractivity contribution in [2.45, 2.75) is 0 Å². The SMILES string of the molecule is Oc1ccc(-c2cnc(-c3cccnc3)[nH]2)cc1. The van der Waals surface area contributed by atoms with E-state index in [1.165, 1.54) is 0 Å². The Morgan fingerprint density at radius 3 is 2.50 bits per heavy atom. The number of rotatable bonds is 2. The van der Waals surface area contributed by atoms with Crippen molar-refractivity contribution in [3.05, 3.63) is 55.0 Å². The van der Waals surface area contributed by atoms with Gasteiger partial charge in [-0.3, -0.25) is 4.98 Å². The minimum atomic E-state index is 0.255.